The average Bonchev–Trinajstić information content (AvgIpc) is 3.23. The molecule has 0 bridgehead atoms. The molecule has 1 aliphatic heterocycles. The number of sulfone groups is 1. The van der Waals surface area contributed by atoms with Crippen molar-refractivity contribution in [3.05, 3.63) is 63.3 Å². The number of hydrogen-bond acceptors (Lipinski definition) is 6. The highest BCUT2D eigenvalue weighted by atomic mass is 32.2. The summed E-state index contributed by atoms with van der Waals surface area (Å²) in [4.78, 5) is 24.7. The van der Waals surface area contributed by atoms with Crippen LogP contribution in [0.4, 0.5) is 0 Å². The number of aryl methyl sites for hydroxylation is 2. The van der Waals surface area contributed by atoms with Crippen LogP contribution in [0.25, 0.3) is 11.0 Å². The number of Topliss-reactive ketones (excluding diaryl/α,β-unsaturated/α-hetero) is 1. The van der Waals surface area contributed by atoms with Crippen LogP contribution in [0.5, 0.6) is 5.75 Å². The van der Waals surface area contributed by atoms with E-state index < -0.39 is 15.5 Å². The van der Waals surface area contributed by atoms with Crippen LogP contribution in [0.1, 0.15) is 53.1 Å². The molecule has 0 radical (unpaired) electrons. The lowest BCUT2D eigenvalue weighted by molar-refractivity contribution is 0.0920. The van der Waals surface area contributed by atoms with E-state index in [1.165, 1.54) is 6.07 Å². The lowest BCUT2D eigenvalue weighted by atomic mass is 10.1. The van der Waals surface area contributed by atoms with Crippen molar-refractivity contribution in [1.82, 2.24) is 4.57 Å². The fourth-order valence-electron chi connectivity index (χ4n) is 4.60. The van der Waals surface area contributed by atoms with Crippen LogP contribution < -0.4 is 10.4 Å². The van der Waals surface area contributed by atoms with E-state index in [0.717, 1.165) is 35.2 Å². The zero-order chi connectivity index (χ0) is 23.0. The van der Waals surface area contributed by atoms with Crippen LogP contribution in [0.2, 0.25) is 0 Å². The summed E-state index contributed by atoms with van der Waals surface area (Å²) >= 11 is 0. The van der Waals surface area contributed by atoms with Gasteiger partial charge in [0.2, 0.25) is 5.78 Å². The smallest absolute Gasteiger partial charge is 0.336 e. The minimum absolute atomic E-state index is 0.107. The minimum Gasteiger partial charge on any atom is -0.485 e. The number of ketones is 1. The first-order valence-electron chi connectivity index (χ1n) is 10.8. The van der Waals surface area contributed by atoms with Crippen molar-refractivity contribution in [3.8, 4) is 5.75 Å². The van der Waals surface area contributed by atoms with Gasteiger partial charge < -0.3 is 13.7 Å². The quantitative estimate of drug-likeness (QED) is 0.396. The molecule has 1 aromatic carbocycles. The van der Waals surface area contributed by atoms with Gasteiger partial charge in [-0.3, -0.25) is 4.79 Å². The lowest BCUT2D eigenvalue weighted by Crippen LogP contribution is -2.16. The van der Waals surface area contributed by atoms with Gasteiger partial charge in [0.25, 0.3) is 0 Å². The van der Waals surface area contributed by atoms with Crippen molar-refractivity contribution in [2.45, 2.75) is 46.1 Å². The number of aromatic nitrogens is 1. The molecule has 3 aromatic rings. The van der Waals surface area contributed by atoms with E-state index in [-0.39, 0.29) is 29.9 Å². The van der Waals surface area contributed by atoms with Crippen molar-refractivity contribution in [2.75, 3.05) is 18.1 Å². The third-order valence-corrected chi connectivity index (χ3v) is 7.80. The molecule has 3 heterocycles. The first-order valence-corrected chi connectivity index (χ1v) is 12.6. The second kappa shape index (κ2) is 8.58. The fourth-order valence-corrected chi connectivity index (χ4v) is 6.30. The van der Waals surface area contributed by atoms with E-state index in [1.54, 1.807) is 18.2 Å². The number of fused-ring (bicyclic) bond motifs is 1. The van der Waals surface area contributed by atoms with E-state index in [0.29, 0.717) is 23.3 Å². The highest BCUT2D eigenvalue weighted by Gasteiger charge is 2.31. The molecule has 0 saturated carbocycles. The van der Waals surface area contributed by atoms with Crippen LogP contribution >= 0.6 is 0 Å². The predicted molar refractivity (Wildman–Crippen MR) is 123 cm³/mol. The topological polar surface area (TPSA) is 95.6 Å². The molecular weight excluding hydrogens is 430 g/mol. The molecule has 1 atom stereocenters. The minimum atomic E-state index is -3.02. The number of hydrogen-bond donors (Lipinski definition) is 0. The number of benzene rings is 1. The summed E-state index contributed by atoms with van der Waals surface area (Å²) in [6.07, 6.45) is 2.25. The van der Waals surface area contributed by atoms with Gasteiger partial charge in [0.15, 0.2) is 16.4 Å². The third-order valence-electron chi connectivity index (χ3n) is 6.05. The molecule has 2 aromatic heterocycles. The highest BCUT2D eigenvalue weighted by Crippen LogP contribution is 2.29. The molecule has 32 heavy (non-hydrogen) atoms. The maximum absolute atomic E-state index is 12.9. The number of carbonyl (C=O) groups excluding carboxylic acids is 1. The number of rotatable bonds is 7. The first kappa shape index (κ1) is 22.3. The summed E-state index contributed by atoms with van der Waals surface area (Å²) in [6, 6.07) is 8.42. The molecule has 0 spiro atoms. The summed E-state index contributed by atoms with van der Waals surface area (Å²) in [5.74, 6) is 0.541. The van der Waals surface area contributed by atoms with Crippen LogP contribution in [0.15, 0.2) is 39.5 Å². The molecule has 0 amide bonds. The van der Waals surface area contributed by atoms with Gasteiger partial charge in [0.1, 0.15) is 11.3 Å². The van der Waals surface area contributed by atoms with E-state index in [4.69, 9.17) is 9.15 Å². The molecule has 0 N–H and O–H groups in total. The molecule has 1 saturated heterocycles. The fraction of sp³-hybridized carbons (Fsp3) is 0.417. The normalized spacial score (nSPS) is 17.7. The zero-order valence-corrected chi connectivity index (χ0v) is 19.3. The molecule has 7 nitrogen and oxygen atoms in total. The largest absolute Gasteiger partial charge is 0.485 e. The second-order valence-electron chi connectivity index (χ2n) is 8.42. The Morgan fingerprint density at radius 3 is 2.69 bits per heavy atom. The third kappa shape index (κ3) is 4.37. The molecule has 1 aliphatic rings. The van der Waals surface area contributed by atoms with Gasteiger partial charge in [-0.05, 0) is 50.5 Å². The maximum atomic E-state index is 12.9. The van der Waals surface area contributed by atoms with Gasteiger partial charge >= 0.3 is 5.63 Å². The van der Waals surface area contributed by atoms with E-state index in [1.807, 2.05) is 31.4 Å². The molecule has 0 aliphatic carbocycles. The van der Waals surface area contributed by atoms with Gasteiger partial charge in [-0.2, -0.15) is 0 Å². The Balaban J connectivity index is 1.52. The average molecular weight is 458 g/mol. The highest BCUT2D eigenvalue weighted by molar-refractivity contribution is 7.91. The van der Waals surface area contributed by atoms with E-state index in [9.17, 15) is 18.0 Å². The summed E-state index contributed by atoms with van der Waals surface area (Å²) < 4.78 is 36.8. The lowest BCUT2D eigenvalue weighted by Gasteiger charge is -2.16. The molecule has 4 rings (SSSR count). The molecular formula is C24H27NO6S. The number of ether oxygens (including phenoxy) is 1. The van der Waals surface area contributed by atoms with Gasteiger partial charge in [-0.25, -0.2) is 13.2 Å². The Kier molecular flexibility index (Phi) is 5.99. The Morgan fingerprint density at radius 1 is 1.22 bits per heavy atom. The van der Waals surface area contributed by atoms with Crippen LogP contribution in [-0.4, -0.2) is 36.9 Å². The maximum Gasteiger partial charge on any atom is 0.336 e. The van der Waals surface area contributed by atoms with Gasteiger partial charge in [0, 0.05) is 40.5 Å². The van der Waals surface area contributed by atoms with Crippen LogP contribution in [-0.2, 0) is 16.3 Å². The summed E-state index contributed by atoms with van der Waals surface area (Å²) in [5.41, 5.74) is 3.12. The standard InChI is InChI=1S/C24H27NO6S/c1-4-5-17-11-24(27)31-23-12-19(6-7-20(17)23)30-13-22(26)21-10-15(2)25(16(21)3)18-8-9-32(28,29)14-18/h6-7,10-12,18H,4-5,8-9,13-14H2,1-3H3/t18-/m0/s1. The molecule has 1 fully saturated rings. The van der Waals surface area contributed by atoms with Crippen LogP contribution in [0, 0.1) is 13.8 Å². The zero-order valence-electron chi connectivity index (χ0n) is 18.5. The van der Waals surface area contributed by atoms with E-state index >= 15 is 0 Å². The molecule has 8 heteroatoms. The van der Waals surface area contributed by atoms with Crippen molar-refractivity contribution in [2.24, 2.45) is 0 Å². The van der Waals surface area contributed by atoms with Crippen LogP contribution in [0.3, 0.4) is 0 Å². The van der Waals surface area contributed by atoms with Crippen molar-refractivity contribution >= 4 is 26.6 Å². The van der Waals surface area contributed by atoms with Gasteiger partial charge in [-0.15, -0.1) is 0 Å². The monoisotopic (exact) mass is 457 g/mol. The molecule has 170 valence electrons. The summed E-state index contributed by atoms with van der Waals surface area (Å²) in [5, 5.41) is 0.861. The van der Waals surface area contributed by atoms with Crippen molar-refractivity contribution in [3.63, 3.8) is 0 Å². The number of nitrogens with zero attached hydrogens (tertiary/aromatic N) is 1. The first-order chi connectivity index (χ1) is 15.2. The Hall–Kier alpha value is -2.87. The van der Waals surface area contributed by atoms with E-state index in [2.05, 4.69) is 0 Å². The summed E-state index contributed by atoms with van der Waals surface area (Å²) in [6.45, 7) is 5.60. The second-order valence-corrected chi connectivity index (χ2v) is 10.7. The predicted octanol–water partition coefficient (Wildman–Crippen LogP) is 3.79. The number of carbonyl (C=O) groups is 1. The Labute approximate surface area is 186 Å². The summed E-state index contributed by atoms with van der Waals surface area (Å²) in [7, 11) is -3.02. The van der Waals surface area contributed by atoms with Crippen molar-refractivity contribution in [1.29, 1.82) is 0 Å². The SMILES string of the molecule is CCCc1cc(=O)oc2cc(OCC(=O)c3cc(C)n([C@H]4CCS(=O)(=O)C4)c3C)ccc12. The van der Waals surface area contributed by atoms with Gasteiger partial charge in [-0.1, -0.05) is 13.3 Å². The van der Waals surface area contributed by atoms with Gasteiger partial charge in [0.05, 0.1) is 11.5 Å². The van der Waals surface area contributed by atoms with Crippen molar-refractivity contribution < 1.29 is 22.4 Å². The Bertz CT molecular complexity index is 1350. The molecule has 0 unspecified atom stereocenters. The Morgan fingerprint density at radius 2 is 2.00 bits per heavy atom.